The number of likely N-dealkylation sites (N-methyl/N-ethyl adjacent to an activating group) is 1. The predicted octanol–water partition coefficient (Wildman–Crippen LogP) is 2.71. The Hall–Kier alpha value is -2.28. The molecule has 0 aliphatic carbocycles. The normalized spacial score (nSPS) is 17.4. The van der Waals surface area contributed by atoms with Gasteiger partial charge in [-0.3, -0.25) is 10.00 Å². The highest BCUT2D eigenvalue weighted by molar-refractivity contribution is 5.89. The fraction of sp³-hybridized carbons (Fsp3) is 0.500. The Kier molecular flexibility index (Phi) is 4.66. The van der Waals surface area contributed by atoms with E-state index in [1.54, 1.807) is 29.0 Å². The van der Waals surface area contributed by atoms with E-state index in [0.717, 1.165) is 19.4 Å². The molecule has 1 fully saturated rings. The summed E-state index contributed by atoms with van der Waals surface area (Å²) in [6.07, 6.45) is 3.82. The third-order valence-corrected chi connectivity index (χ3v) is 4.01. The second-order valence-corrected chi connectivity index (χ2v) is 5.62. The molecule has 3 heterocycles. The number of nitrogens with one attached hydrogen (secondary N) is 1. The van der Waals surface area contributed by atoms with Crippen LogP contribution in [0.5, 0.6) is 0 Å². The number of furan rings is 1. The molecule has 7 heteroatoms. The van der Waals surface area contributed by atoms with Crippen LogP contribution < -0.4 is 5.32 Å². The van der Waals surface area contributed by atoms with Gasteiger partial charge >= 0.3 is 6.03 Å². The van der Waals surface area contributed by atoms with Crippen molar-refractivity contribution in [2.24, 2.45) is 7.05 Å². The first-order valence-corrected chi connectivity index (χ1v) is 7.93. The molecule has 1 aliphatic heterocycles. The predicted molar refractivity (Wildman–Crippen MR) is 86.1 cm³/mol. The highest BCUT2D eigenvalue weighted by Gasteiger charge is 2.22. The van der Waals surface area contributed by atoms with Crippen LogP contribution in [-0.2, 0) is 11.8 Å². The minimum absolute atomic E-state index is 0.142. The van der Waals surface area contributed by atoms with Crippen LogP contribution in [0.4, 0.5) is 10.6 Å². The summed E-state index contributed by atoms with van der Waals surface area (Å²) < 4.78 is 12.6. The van der Waals surface area contributed by atoms with Crippen LogP contribution in [-0.4, -0.2) is 46.5 Å². The molecule has 2 aromatic heterocycles. The maximum absolute atomic E-state index is 12.5. The zero-order chi connectivity index (χ0) is 16.2. The summed E-state index contributed by atoms with van der Waals surface area (Å²) in [5.74, 6) is 1.31. The number of aryl methyl sites for hydroxylation is 1. The number of hydrogen-bond donors (Lipinski definition) is 1. The Morgan fingerprint density at radius 1 is 1.57 bits per heavy atom. The van der Waals surface area contributed by atoms with E-state index in [1.807, 2.05) is 19.1 Å². The number of ether oxygens (including phenoxy) is 1. The summed E-state index contributed by atoms with van der Waals surface area (Å²) in [6.45, 7) is 4.00. The van der Waals surface area contributed by atoms with E-state index in [2.05, 4.69) is 10.4 Å². The van der Waals surface area contributed by atoms with E-state index in [-0.39, 0.29) is 12.1 Å². The first-order valence-electron chi connectivity index (χ1n) is 7.93. The van der Waals surface area contributed by atoms with Gasteiger partial charge < -0.3 is 14.1 Å². The average Bonchev–Trinajstić information content (AvgIpc) is 3.27. The van der Waals surface area contributed by atoms with Crippen molar-refractivity contribution in [1.82, 2.24) is 14.7 Å². The van der Waals surface area contributed by atoms with Crippen LogP contribution >= 0.6 is 0 Å². The molecule has 0 aromatic carbocycles. The number of amides is 2. The standard InChI is InChI=1S/C16H22N4O3/c1-3-20(11-12-6-4-8-22-12)16(21)17-15-10-13(18-19(15)2)14-7-5-9-23-14/h5,7,9-10,12H,3-4,6,8,11H2,1-2H3,(H,17,21)/t12-/m0/s1. The van der Waals surface area contributed by atoms with Crippen molar-refractivity contribution in [3.05, 3.63) is 24.5 Å². The molecule has 2 aromatic rings. The molecule has 3 rings (SSSR count). The minimum atomic E-state index is -0.142. The van der Waals surface area contributed by atoms with E-state index < -0.39 is 0 Å². The highest BCUT2D eigenvalue weighted by Crippen LogP contribution is 2.22. The number of rotatable bonds is 5. The fourth-order valence-corrected chi connectivity index (χ4v) is 2.71. The third kappa shape index (κ3) is 3.56. The number of carbonyl (C=O) groups excluding carboxylic acids is 1. The number of anilines is 1. The van der Waals surface area contributed by atoms with Gasteiger partial charge in [0.25, 0.3) is 0 Å². The second kappa shape index (κ2) is 6.87. The average molecular weight is 318 g/mol. The van der Waals surface area contributed by atoms with E-state index in [4.69, 9.17) is 9.15 Å². The third-order valence-electron chi connectivity index (χ3n) is 4.01. The van der Waals surface area contributed by atoms with Crippen molar-refractivity contribution in [3.8, 4) is 11.5 Å². The number of aromatic nitrogens is 2. The van der Waals surface area contributed by atoms with Gasteiger partial charge in [0.05, 0.1) is 12.4 Å². The minimum Gasteiger partial charge on any atom is -0.463 e. The van der Waals surface area contributed by atoms with Gasteiger partial charge in [-0.1, -0.05) is 0 Å². The van der Waals surface area contributed by atoms with Crippen molar-refractivity contribution in [2.45, 2.75) is 25.9 Å². The van der Waals surface area contributed by atoms with Crippen LogP contribution in [0, 0.1) is 0 Å². The van der Waals surface area contributed by atoms with E-state index >= 15 is 0 Å². The second-order valence-electron chi connectivity index (χ2n) is 5.62. The molecule has 0 spiro atoms. The van der Waals surface area contributed by atoms with Gasteiger partial charge in [-0.25, -0.2) is 4.79 Å². The van der Waals surface area contributed by atoms with Gasteiger partial charge in [0.15, 0.2) is 5.76 Å². The molecular weight excluding hydrogens is 296 g/mol. The maximum Gasteiger partial charge on any atom is 0.323 e. The van der Waals surface area contributed by atoms with Crippen LogP contribution in [0.1, 0.15) is 19.8 Å². The fourth-order valence-electron chi connectivity index (χ4n) is 2.71. The Bertz CT molecular complexity index is 644. The number of carbonyl (C=O) groups is 1. The number of hydrogen-bond acceptors (Lipinski definition) is 4. The van der Waals surface area contributed by atoms with Gasteiger partial charge in [-0.05, 0) is 31.9 Å². The molecule has 0 saturated carbocycles. The van der Waals surface area contributed by atoms with Gasteiger partial charge in [0.1, 0.15) is 11.5 Å². The summed E-state index contributed by atoms with van der Waals surface area (Å²) in [6, 6.07) is 5.31. The highest BCUT2D eigenvalue weighted by atomic mass is 16.5. The molecule has 1 aliphatic rings. The summed E-state index contributed by atoms with van der Waals surface area (Å²) in [4.78, 5) is 14.2. The van der Waals surface area contributed by atoms with Crippen molar-refractivity contribution in [2.75, 3.05) is 25.0 Å². The van der Waals surface area contributed by atoms with E-state index in [0.29, 0.717) is 30.4 Å². The Labute approximate surface area is 135 Å². The lowest BCUT2D eigenvalue weighted by Crippen LogP contribution is -2.40. The number of urea groups is 1. The van der Waals surface area contributed by atoms with Crippen LogP contribution in [0.15, 0.2) is 28.9 Å². The van der Waals surface area contributed by atoms with Crippen molar-refractivity contribution in [3.63, 3.8) is 0 Å². The molecule has 124 valence electrons. The van der Waals surface area contributed by atoms with Crippen molar-refractivity contribution in [1.29, 1.82) is 0 Å². The van der Waals surface area contributed by atoms with Crippen molar-refractivity contribution < 1.29 is 13.9 Å². The molecule has 2 amide bonds. The lowest BCUT2D eigenvalue weighted by Gasteiger charge is -2.24. The number of nitrogens with zero attached hydrogens (tertiary/aromatic N) is 3. The monoisotopic (exact) mass is 318 g/mol. The van der Waals surface area contributed by atoms with Gasteiger partial charge in [0, 0.05) is 32.8 Å². The summed E-state index contributed by atoms with van der Waals surface area (Å²) in [5, 5.41) is 7.27. The van der Waals surface area contributed by atoms with E-state index in [9.17, 15) is 4.79 Å². The molecule has 0 radical (unpaired) electrons. The molecule has 0 bridgehead atoms. The quantitative estimate of drug-likeness (QED) is 0.920. The van der Waals surface area contributed by atoms with Gasteiger partial charge in [-0.2, -0.15) is 5.10 Å². The SMILES string of the molecule is CCN(C[C@@H]1CCCO1)C(=O)Nc1cc(-c2ccco2)nn1C. The molecule has 7 nitrogen and oxygen atoms in total. The smallest absolute Gasteiger partial charge is 0.323 e. The first kappa shape index (κ1) is 15.6. The van der Waals surface area contributed by atoms with Crippen LogP contribution in [0.2, 0.25) is 0 Å². The van der Waals surface area contributed by atoms with Gasteiger partial charge in [0.2, 0.25) is 0 Å². The van der Waals surface area contributed by atoms with E-state index in [1.165, 1.54) is 0 Å². The Morgan fingerprint density at radius 3 is 3.09 bits per heavy atom. The first-order chi connectivity index (χ1) is 11.2. The van der Waals surface area contributed by atoms with Crippen LogP contribution in [0.25, 0.3) is 11.5 Å². The molecule has 1 N–H and O–H groups in total. The van der Waals surface area contributed by atoms with Gasteiger partial charge in [-0.15, -0.1) is 0 Å². The largest absolute Gasteiger partial charge is 0.463 e. The Balaban J connectivity index is 1.66. The summed E-state index contributed by atoms with van der Waals surface area (Å²) in [7, 11) is 1.79. The lowest BCUT2D eigenvalue weighted by atomic mass is 10.2. The molecule has 1 saturated heterocycles. The van der Waals surface area contributed by atoms with Crippen LogP contribution in [0.3, 0.4) is 0 Å². The summed E-state index contributed by atoms with van der Waals surface area (Å²) >= 11 is 0. The topological polar surface area (TPSA) is 72.5 Å². The molecule has 0 unspecified atom stereocenters. The zero-order valence-corrected chi connectivity index (χ0v) is 13.5. The van der Waals surface area contributed by atoms with Crippen molar-refractivity contribution >= 4 is 11.8 Å². The summed E-state index contributed by atoms with van der Waals surface area (Å²) in [5.41, 5.74) is 0.690. The lowest BCUT2D eigenvalue weighted by molar-refractivity contribution is 0.0849. The zero-order valence-electron chi connectivity index (χ0n) is 13.5. The molecular formula is C16H22N4O3. The molecule has 1 atom stereocenters. The molecule has 23 heavy (non-hydrogen) atoms. The Morgan fingerprint density at radius 2 is 2.43 bits per heavy atom. The maximum atomic E-state index is 12.5.